The minimum absolute atomic E-state index is 0.0901. The van der Waals surface area contributed by atoms with Crippen LogP contribution < -0.4 is 20.5 Å². The second-order valence-corrected chi connectivity index (χ2v) is 11.9. The lowest BCUT2D eigenvalue weighted by Gasteiger charge is -2.57. The van der Waals surface area contributed by atoms with Crippen LogP contribution in [-0.2, 0) is 30.9 Å². The molecule has 7 N–H and O–H groups in total. The molecular formula is C29H39N3O10. The van der Waals surface area contributed by atoms with Gasteiger partial charge in [-0.15, -0.1) is 0 Å². The van der Waals surface area contributed by atoms with Gasteiger partial charge in [0.2, 0.25) is 0 Å². The van der Waals surface area contributed by atoms with Gasteiger partial charge in [0.25, 0.3) is 5.91 Å². The maximum Gasteiger partial charge on any atom is 0.335 e. The number of nitrogens with zero attached hydrogens (tertiary/aromatic N) is 1. The van der Waals surface area contributed by atoms with Gasteiger partial charge in [-0.25, -0.2) is 4.79 Å². The molecular weight excluding hydrogens is 550 g/mol. The maximum absolute atomic E-state index is 12.4. The number of piperidine rings is 1. The molecule has 13 heteroatoms. The fourth-order valence-corrected chi connectivity index (χ4v) is 7.45. The van der Waals surface area contributed by atoms with Gasteiger partial charge in [0.05, 0.1) is 0 Å². The number of ether oxygens (including phenoxy) is 4. The lowest BCUT2D eigenvalue weighted by Crippen LogP contribution is -2.66. The van der Waals surface area contributed by atoms with Crippen LogP contribution in [0.25, 0.3) is 0 Å². The van der Waals surface area contributed by atoms with E-state index >= 15 is 0 Å². The van der Waals surface area contributed by atoms with E-state index in [1.165, 1.54) is 0 Å². The number of hydrogen-bond donors (Lipinski definition) is 6. The quantitative estimate of drug-likeness (QED) is 0.139. The number of aliphatic hydroxyl groups is 3. The molecule has 0 saturated carbocycles. The summed E-state index contributed by atoms with van der Waals surface area (Å²) in [6.45, 7) is 1.71. The maximum atomic E-state index is 12.4. The van der Waals surface area contributed by atoms with Crippen LogP contribution in [0.15, 0.2) is 24.3 Å². The summed E-state index contributed by atoms with van der Waals surface area (Å²) in [5.74, 6) is -0.634. The van der Waals surface area contributed by atoms with E-state index in [1.807, 2.05) is 18.2 Å². The SMILES string of the molecule is CN1CC[C@]23c4c5ccc(OCC(=O)NCCCCN)c4O[C@H]2[C@@H](O[C@@H]2O[C@H](C(=O)O)[C@@H](O)[C@H](O)[C@H]2O)C=C[C@H]3[C@H]1C5. The van der Waals surface area contributed by atoms with Crippen molar-refractivity contribution in [2.45, 2.75) is 80.1 Å². The minimum Gasteiger partial charge on any atom is -0.482 e. The van der Waals surface area contributed by atoms with Gasteiger partial charge in [0.15, 0.2) is 30.5 Å². The van der Waals surface area contributed by atoms with Gasteiger partial charge in [-0.1, -0.05) is 18.2 Å². The summed E-state index contributed by atoms with van der Waals surface area (Å²) >= 11 is 0. The van der Waals surface area contributed by atoms with Crippen molar-refractivity contribution in [3.8, 4) is 11.5 Å². The van der Waals surface area contributed by atoms with E-state index in [2.05, 4.69) is 23.3 Å². The Labute approximate surface area is 243 Å². The number of likely N-dealkylation sites (tertiary alicyclic amines) is 1. The van der Waals surface area contributed by atoms with Gasteiger partial charge >= 0.3 is 5.97 Å². The van der Waals surface area contributed by atoms with Gasteiger partial charge < -0.3 is 55.3 Å². The second-order valence-electron chi connectivity index (χ2n) is 11.9. The number of rotatable bonds is 10. The summed E-state index contributed by atoms with van der Waals surface area (Å²) in [4.78, 5) is 26.4. The Morgan fingerprint density at radius 1 is 1.17 bits per heavy atom. The van der Waals surface area contributed by atoms with Gasteiger partial charge in [-0.3, -0.25) is 4.79 Å². The average Bonchev–Trinajstić information content (AvgIpc) is 3.32. The molecule has 0 unspecified atom stereocenters. The average molecular weight is 590 g/mol. The molecule has 0 aromatic heterocycles. The smallest absolute Gasteiger partial charge is 0.335 e. The molecule has 1 aromatic rings. The summed E-state index contributed by atoms with van der Waals surface area (Å²) < 4.78 is 24.3. The first-order valence-electron chi connectivity index (χ1n) is 14.6. The molecule has 1 aromatic carbocycles. The van der Waals surface area contributed by atoms with Crippen LogP contribution in [0.3, 0.4) is 0 Å². The van der Waals surface area contributed by atoms with Crippen molar-refractivity contribution in [1.82, 2.24) is 10.2 Å². The van der Waals surface area contributed by atoms with E-state index in [0.717, 1.165) is 43.4 Å². The van der Waals surface area contributed by atoms with Crippen molar-refractivity contribution in [2.24, 2.45) is 11.7 Å². The standard InChI is InChI=1S/C29H39N3O10/c1-32-11-8-29-15-5-7-18(40-28-23(36)21(34)22(35)25(42-28)27(37)38)26(29)41-24-17(6-4-14(20(24)29)12-16(15)32)39-13-19(33)31-10-3-2-9-30/h4-7,15-16,18,21-23,25-26,28,34-36H,2-3,8-13,30H2,1H3,(H,31,33)(H,37,38)/t15-,16+,18-,21-,22-,23+,25-,26-,28+,29-/m0/s1. The molecule has 2 aliphatic carbocycles. The molecule has 1 amide bonds. The Hall–Kier alpha value is -2.78. The number of carboxylic acids is 1. The summed E-state index contributed by atoms with van der Waals surface area (Å²) in [6.07, 6.45) is -2.82. The molecule has 2 fully saturated rings. The van der Waals surface area contributed by atoms with Crippen molar-refractivity contribution >= 4 is 11.9 Å². The number of aliphatic carboxylic acids is 1. The third-order valence-electron chi connectivity index (χ3n) is 9.53. The Kier molecular flexibility index (Phi) is 7.94. The highest BCUT2D eigenvalue weighted by molar-refractivity contribution is 5.77. The van der Waals surface area contributed by atoms with Crippen LogP contribution in [0, 0.1) is 5.92 Å². The molecule has 3 heterocycles. The van der Waals surface area contributed by atoms with Crippen LogP contribution in [0.2, 0.25) is 0 Å². The first-order valence-corrected chi connectivity index (χ1v) is 14.6. The molecule has 42 heavy (non-hydrogen) atoms. The molecule has 1 spiro atoms. The highest BCUT2D eigenvalue weighted by atomic mass is 16.7. The highest BCUT2D eigenvalue weighted by Crippen LogP contribution is 2.62. The normalized spacial score (nSPS) is 38.0. The fraction of sp³-hybridized carbons (Fsp3) is 0.655. The number of aliphatic hydroxyl groups excluding tert-OH is 3. The Morgan fingerprint density at radius 3 is 2.74 bits per heavy atom. The Balaban J connectivity index is 1.28. The molecule has 230 valence electrons. The molecule has 13 nitrogen and oxygen atoms in total. The molecule has 3 aliphatic heterocycles. The predicted molar refractivity (Wildman–Crippen MR) is 146 cm³/mol. The number of carbonyl (C=O) groups is 2. The van der Waals surface area contributed by atoms with E-state index < -0.39 is 54.3 Å². The monoisotopic (exact) mass is 589 g/mol. The van der Waals surface area contributed by atoms with Crippen LogP contribution in [0.1, 0.15) is 30.4 Å². The summed E-state index contributed by atoms with van der Waals surface area (Å²) in [5.41, 5.74) is 7.19. The van der Waals surface area contributed by atoms with E-state index in [0.29, 0.717) is 24.6 Å². The number of likely N-dealkylation sites (N-methyl/N-ethyl adjacent to an activating group) is 1. The largest absolute Gasteiger partial charge is 0.482 e. The summed E-state index contributed by atoms with van der Waals surface area (Å²) in [5, 5.41) is 43.4. The topological polar surface area (TPSA) is 193 Å². The molecule has 5 aliphatic rings. The van der Waals surface area contributed by atoms with Gasteiger partial charge in [-0.2, -0.15) is 0 Å². The molecule has 6 rings (SSSR count). The second kappa shape index (κ2) is 11.4. The van der Waals surface area contributed by atoms with Crippen LogP contribution in [-0.4, -0.2) is 119 Å². The fourth-order valence-electron chi connectivity index (χ4n) is 7.45. The first-order chi connectivity index (χ1) is 20.2. The molecule has 10 atom stereocenters. The minimum atomic E-state index is -1.82. The van der Waals surface area contributed by atoms with Gasteiger partial charge in [0, 0.05) is 29.5 Å². The summed E-state index contributed by atoms with van der Waals surface area (Å²) in [7, 11) is 2.11. The van der Waals surface area contributed by atoms with Gasteiger partial charge in [-0.05, 0) is 57.5 Å². The number of benzene rings is 1. The highest BCUT2D eigenvalue weighted by Gasteiger charge is 2.65. The Bertz CT molecular complexity index is 1240. The molecule has 0 radical (unpaired) electrons. The lowest BCUT2D eigenvalue weighted by molar-refractivity contribution is -0.307. The third-order valence-corrected chi connectivity index (χ3v) is 9.53. The van der Waals surface area contributed by atoms with Crippen molar-refractivity contribution in [3.05, 3.63) is 35.4 Å². The number of hydrogen-bond acceptors (Lipinski definition) is 11. The zero-order chi connectivity index (χ0) is 29.8. The van der Waals surface area contributed by atoms with E-state index in [4.69, 9.17) is 24.7 Å². The third kappa shape index (κ3) is 4.67. The zero-order valence-corrected chi connectivity index (χ0v) is 23.4. The Morgan fingerprint density at radius 2 is 1.98 bits per heavy atom. The van der Waals surface area contributed by atoms with Crippen LogP contribution >= 0.6 is 0 Å². The number of amides is 1. The van der Waals surface area contributed by atoms with E-state index in [9.17, 15) is 30.0 Å². The zero-order valence-electron chi connectivity index (χ0n) is 23.4. The number of unbranched alkanes of at least 4 members (excludes halogenated alkanes) is 1. The summed E-state index contributed by atoms with van der Waals surface area (Å²) in [6, 6.07) is 4.07. The number of carbonyl (C=O) groups excluding carboxylic acids is 1. The lowest BCUT2D eigenvalue weighted by atomic mass is 9.53. The molecule has 2 saturated heterocycles. The van der Waals surface area contributed by atoms with Gasteiger partial charge in [0.1, 0.15) is 30.5 Å². The van der Waals surface area contributed by atoms with Crippen molar-refractivity contribution in [3.63, 3.8) is 0 Å². The number of nitrogens with two attached hydrogens (primary N) is 1. The van der Waals surface area contributed by atoms with Crippen molar-refractivity contribution in [2.75, 3.05) is 33.3 Å². The van der Waals surface area contributed by atoms with Crippen molar-refractivity contribution in [1.29, 1.82) is 0 Å². The number of carboxylic acid groups (broad SMARTS) is 1. The van der Waals surface area contributed by atoms with Crippen LogP contribution in [0.4, 0.5) is 0 Å². The van der Waals surface area contributed by atoms with E-state index in [-0.39, 0.29) is 24.5 Å². The molecule has 2 bridgehead atoms. The van der Waals surface area contributed by atoms with E-state index in [1.54, 1.807) is 0 Å². The van der Waals surface area contributed by atoms with Crippen molar-refractivity contribution < 1.29 is 49.0 Å². The predicted octanol–water partition coefficient (Wildman–Crippen LogP) is -1.36. The number of nitrogens with one attached hydrogen (secondary N) is 1. The van der Waals surface area contributed by atoms with Crippen LogP contribution in [0.5, 0.6) is 11.5 Å². The first kappa shape index (κ1) is 29.3.